The van der Waals surface area contributed by atoms with Gasteiger partial charge in [0.2, 0.25) is 0 Å². The minimum atomic E-state index is -4.56. The first kappa shape index (κ1) is 54.8. The fourth-order valence-corrected chi connectivity index (χ4v) is 6.57. The van der Waals surface area contributed by atoms with E-state index in [1.165, 1.54) is 96.3 Å². The minimum absolute atomic E-state index is 0.00310. The molecule has 0 aliphatic rings. The fourth-order valence-electron chi connectivity index (χ4n) is 5.84. The van der Waals surface area contributed by atoms with Crippen molar-refractivity contribution in [2.24, 2.45) is 0 Å². The van der Waals surface area contributed by atoms with Crippen LogP contribution in [0.3, 0.4) is 0 Å². The van der Waals surface area contributed by atoms with Gasteiger partial charge in [0.1, 0.15) is 19.8 Å². The first-order valence-corrected chi connectivity index (χ1v) is 24.2. The summed E-state index contributed by atoms with van der Waals surface area (Å²) in [6, 6.07) is 0. The molecule has 0 spiro atoms. The number of hydrogen-bond donors (Lipinski definition) is 0. The van der Waals surface area contributed by atoms with Gasteiger partial charge < -0.3 is 27.9 Å². The van der Waals surface area contributed by atoms with E-state index >= 15 is 0 Å². The number of unbranched alkanes of at least 4 members (excludes halogenated alkanes) is 17. The predicted molar refractivity (Wildman–Crippen MR) is 240 cm³/mol. The zero-order chi connectivity index (χ0) is 42.0. The molecular weight excluding hydrogens is 734 g/mol. The molecule has 0 amide bonds. The van der Waals surface area contributed by atoms with Crippen LogP contribution in [0.15, 0.2) is 73.1 Å². The van der Waals surface area contributed by atoms with E-state index in [1.54, 1.807) is 6.26 Å². The second-order valence-electron chi connectivity index (χ2n) is 16.1. The average molecular weight is 820 g/mol. The number of esters is 1. The molecule has 0 aromatic heterocycles. The highest BCUT2D eigenvalue weighted by atomic mass is 31.2. The fraction of sp³-hybridized carbons (Fsp3) is 0.729. The lowest BCUT2D eigenvalue weighted by Crippen LogP contribution is -2.37. The Bertz CT molecular complexity index is 1140. The average Bonchev–Trinajstić information content (AvgIpc) is 3.16. The Hall–Kier alpha value is -2.22. The molecule has 0 radical (unpaired) electrons. The standard InChI is InChI=1S/C48H86NO7P/c1-6-8-10-12-14-16-18-20-22-24-26-28-30-32-34-36-38-40-43-53-45-47(46-55-57(51,52)54-44-42-49(3,4)5)56-48(50)41-39-37-35-33-31-29-27-25-23-21-19-17-15-13-11-9-7-2/h9,11,15,17,21,23,27,29,33,35,40,43,47H,6-8,10,12-14,16,18-20,22,24-26,28,30-32,34,36-39,41-42,44-46H2,1-5H3/b11-9+,17-15+,23-21+,29-27+,35-33+,43-40+/t47-/m1/s1. The molecule has 8 nitrogen and oxygen atoms in total. The monoisotopic (exact) mass is 820 g/mol. The minimum Gasteiger partial charge on any atom is -0.756 e. The van der Waals surface area contributed by atoms with Gasteiger partial charge in [-0.25, -0.2) is 0 Å². The molecule has 1 unspecified atom stereocenters. The van der Waals surface area contributed by atoms with Crippen LogP contribution in [-0.4, -0.2) is 64.1 Å². The van der Waals surface area contributed by atoms with Gasteiger partial charge in [-0.2, -0.15) is 0 Å². The quantitative estimate of drug-likeness (QED) is 0.0151. The molecule has 0 heterocycles. The number of nitrogens with zero attached hydrogens (tertiary/aromatic N) is 1. The van der Waals surface area contributed by atoms with Crippen molar-refractivity contribution in [3.05, 3.63) is 73.1 Å². The van der Waals surface area contributed by atoms with Crippen molar-refractivity contribution in [3.8, 4) is 0 Å². The van der Waals surface area contributed by atoms with Crippen molar-refractivity contribution in [1.29, 1.82) is 0 Å². The third kappa shape index (κ3) is 44.7. The lowest BCUT2D eigenvalue weighted by molar-refractivity contribution is -0.870. The number of allylic oxidation sites excluding steroid dienone is 11. The maximum absolute atomic E-state index is 12.6. The highest BCUT2D eigenvalue weighted by Gasteiger charge is 2.20. The van der Waals surface area contributed by atoms with Crippen LogP contribution in [0.4, 0.5) is 0 Å². The van der Waals surface area contributed by atoms with Gasteiger partial charge in [0.15, 0.2) is 6.10 Å². The SMILES string of the molecule is CC/C=C/C/C=C/C/C=C/C/C=C/C/C=C/CCCC(=O)O[C@H](CO/C=C/CCCCCCCCCCCCCCCCCC)COP(=O)([O-])OCC[N+](C)(C)C. The van der Waals surface area contributed by atoms with Gasteiger partial charge in [0.25, 0.3) is 7.82 Å². The van der Waals surface area contributed by atoms with Crippen molar-refractivity contribution in [2.45, 2.75) is 180 Å². The Labute approximate surface area is 351 Å². The Morgan fingerprint density at radius 3 is 1.53 bits per heavy atom. The summed E-state index contributed by atoms with van der Waals surface area (Å²) in [6.07, 6.45) is 53.1. The number of carbonyl (C=O) groups excluding carboxylic acids is 1. The van der Waals surface area contributed by atoms with Crippen LogP contribution in [0.25, 0.3) is 0 Å². The number of phosphoric acid groups is 1. The summed E-state index contributed by atoms with van der Waals surface area (Å²) in [5.41, 5.74) is 0. The maximum atomic E-state index is 12.6. The molecule has 0 aliphatic heterocycles. The summed E-state index contributed by atoms with van der Waals surface area (Å²) in [5, 5.41) is 0. The summed E-state index contributed by atoms with van der Waals surface area (Å²) in [4.78, 5) is 25.0. The van der Waals surface area contributed by atoms with E-state index < -0.39 is 19.9 Å². The molecule has 0 rings (SSSR count). The maximum Gasteiger partial charge on any atom is 0.306 e. The molecular formula is C48H86NO7P. The highest BCUT2D eigenvalue weighted by Crippen LogP contribution is 2.38. The van der Waals surface area contributed by atoms with E-state index in [0.717, 1.165) is 51.4 Å². The first-order chi connectivity index (χ1) is 27.6. The van der Waals surface area contributed by atoms with Gasteiger partial charge in [-0.3, -0.25) is 9.36 Å². The summed E-state index contributed by atoms with van der Waals surface area (Å²) in [5.74, 6) is -0.414. The molecule has 9 heteroatoms. The van der Waals surface area contributed by atoms with Crippen LogP contribution in [0, 0.1) is 0 Å². The van der Waals surface area contributed by atoms with E-state index in [9.17, 15) is 14.3 Å². The number of quaternary nitrogens is 1. The van der Waals surface area contributed by atoms with Crippen molar-refractivity contribution in [2.75, 3.05) is 47.5 Å². The summed E-state index contributed by atoms with van der Waals surface area (Å²) < 4.78 is 34.3. The topological polar surface area (TPSA) is 94.1 Å². The zero-order valence-electron chi connectivity index (χ0n) is 37.3. The molecule has 0 aliphatic carbocycles. The normalized spacial score (nSPS) is 14.4. The van der Waals surface area contributed by atoms with Crippen LogP contribution in [0.1, 0.15) is 174 Å². The van der Waals surface area contributed by atoms with Crippen molar-refractivity contribution >= 4 is 13.8 Å². The van der Waals surface area contributed by atoms with Crippen molar-refractivity contribution < 1.29 is 37.3 Å². The third-order valence-corrected chi connectivity index (χ3v) is 10.3. The molecule has 0 N–H and O–H groups in total. The van der Waals surface area contributed by atoms with E-state index in [4.69, 9.17) is 18.5 Å². The summed E-state index contributed by atoms with van der Waals surface area (Å²) in [7, 11) is 1.28. The Kier molecular flexibility index (Phi) is 39.0. The molecule has 0 saturated heterocycles. The van der Waals surface area contributed by atoms with E-state index in [0.29, 0.717) is 17.4 Å². The van der Waals surface area contributed by atoms with Gasteiger partial charge in [-0.15, -0.1) is 0 Å². The molecule has 0 fully saturated rings. The summed E-state index contributed by atoms with van der Waals surface area (Å²) >= 11 is 0. The highest BCUT2D eigenvalue weighted by molar-refractivity contribution is 7.45. The number of phosphoric ester groups is 1. The zero-order valence-corrected chi connectivity index (χ0v) is 38.2. The van der Waals surface area contributed by atoms with E-state index in [-0.39, 0.29) is 26.2 Å². The molecule has 57 heavy (non-hydrogen) atoms. The van der Waals surface area contributed by atoms with Crippen LogP contribution < -0.4 is 4.89 Å². The lowest BCUT2D eigenvalue weighted by Gasteiger charge is -2.28. The number of hydrogen-bond acceptors (Lipinski definition) is 7. The van der Waals surface area contributed by atoms with Crippen molar-refractivity contribution in [3.63, 3.8) is 0 Å². The predicted octanol–water partition coefficient (Wildman–Crippen LogP) is 13.2. The lowest BCUT2D eigenvalue weighted by atomic mass is 10.0. The van der Waals surface area contributed by atoms with Crippen LogP contribution in [0.2, 0.25) is 0 Å². The van der Waals surface area contributed by atoms with E-state index in [2.05, 4.69) is 74.6 Å². The number of likely N-dealkylation sites (N-methyl/N-ethyl adjacent to an activating group) is 1. The molecule has 0 bridgehead atoms. The van der Waals surface area contributed by atoms with Gasteiger partial charge >= 0.3 is 5.97 Å². The van der Waals surface area contributed by atoms with Gasteiger partial charge in [-0.1, -0.05) is 171 Å². The molecule has 0 aromatic rings. The van der Waals surface area contributed by atoms with Gasteiger partial charge in [0, 0.05) is 6.42 Å². The second kappa shape index (κ2) is 40.6. The largest absolute Gasteiger partial charge is 0.756 e. The second-order valence-corrected chi connectivity index (χ2v) is 17.5. The Morgan fingerprint density at radius 2 is 1.04 bits per heavy atom. The number of rotatable bonds is 41. The number of ether oxygens (including phenoxy) is 2. The Balaban J connectivity index is 4.36. The van der Waals surface area contributed by atoms with Crippen LogP contribution in [-0.2, 0) is 27.9 Å². The molecule has 330 valence electrons. The van der Waals surface area contributed by atoms with E-state index in [1.807, 2.05) is 27.2 Å². The third-order valence-electron chi connectivity index (χ3n) is 9.34. The molecule has 0 aromatic carbocycles. The Morgan fingerprint density at radius 1 is 0.579 bits per heavy atom. The van der Waals surface area contributed by atoms with Gasteiger partial charge in [-0.05, 0) is 63.9 Å². The first-order valence-electron chi connectivity index (χ1n) is 22.7. The smallest absolute Gasteiger partial charge is 0.306 e. The van der Waals surface area contributed by atoms with Crippen LogP contribution >= 0.6 is 7.82 Å². The van der Waals surface area contributed by atoms with Crippen molar-refractivity contribution in [1.82, 2.24) is 0 Å². The van der Waals surface area contributed by atoms with Crippen LogP contribution in [0.5, 0.6) is 0 Å². The summed E-state index contributed by atoms with van der Waals surface area (Å²) in [6.45, 7) is 4.55. The molecule has 2 atom stereocenters. The van der Waals surface area contributed by atoms with Gasteiger partial charge in [0.05, 0.1) is 34.0 Å². The number of carbonyl (C=O) groups is 1. The molecule has 0 saturated carbocycles.